The van der Waals surface area contributed by atoms with Crippen molar-refractivity contribution in [1.29, 1.82) is 0 Å². The SMILES string of the molecule is CN(Cc1ccncc1)C(C)(C(=O)O)C1CC1. The van der Waals surface area contributed by atoms with E-state index in [1.54, 1.807) is 12.4 Å². The summed E-state index contributed by atoms with van der Waals surface area (Å²) in [6, 6.07) is 3.84. The third kappa shape index (κ3) is 2.31. The van der Waals surface area contributed by atoms with Gasteiger partial charge in [-0.3, -0.25) is 14.7 Å². The number of rotatable bonds is 5. The van der Waals surface area contributed by atoms with Crippen LogP contribution in [0.4, 0.5) is 0 Å². The summed E-state index contributed by atoms with van der Waals surface area (Å²) in [7, 11) is 1.88. The molecule has 1 aromatic rings. The fourth-order valence-electron chi connectivity index (χ4n) is 2.22. The van der Waals surface area contributed by atoms with Crippen LogP contribution in [0.2, 0.25) is 0 Å². The maximum Gasteiger partial charge on any atom is 0.324 e. The molecule has 0 spiro atoms. The van der Waals surface area contributed by atoms with Crippen molar-refractivity contribution in [2.75, 3.05) is 7.05 Å². The topological polar surface area (TPSA) is 53.4 Å². The van der Waals surface area contributed by atoms with E-state index in [2.05, 4.69) is 4.98 Å². The maximum absolute atomic E-state index is 11.5. The second kappa shape index (κ2) is 4.45. The predicted molar refractivity (Wildman–Crippen MR) is 64.5 cm³/mol. The molecule has 1 fully saturated rings. The molecule has 2 rings (SSSR count). The summed E-state index contributed by atoms with van der Waals surface area (Å²) >= 11 is 0. The number of carboxylic acids is 1. The molecule has 0 aromatic carbocycles. The molecule has 4 heteroatoms. The summed E-state index contributed by atoms with van der Waals surface area (Å²) in [5.41, 5.74) is 0.346. The number of aromatic nitrogens is 1. The minimum atomic E-state index is -0.747. The van der Waals surface area contributed by atoms with E-state index < -0.39 is 11.5 Å². The van der Waals surface area contributed by atoms with Crippen LogP contribution in [0.5, 0.6) is 0 Å². The van der Waals surface area contributed by atoms with Crippen molar-refractivity contribution in [3.8, 4) is 0 Å². The maximum atomic E-state index is 11.5. The number of hydrogen-bond donors (Lipinski definition) is 1. The molecule has 1 aliphatic carbocycles. The Hall–Kier alpha value is -1.42. The fourth-order valence-corrected chi connectivity index (χ4v) is 2.22. The van der Waals surface area contributed by atoms with Gasteiger partial charge in [0.2, 0.25) is 0 Å². The van der Waals surface area contributed by atoms with Crippen LogP contribution in [-0.4, -0.2) is 33.5 Å². The molecule has 1 unspecified atom stereocenters. The number of pyridine rings is 1. The number of nitrogens with zero attached hydrogens (tertiary/aromatic N) is 2. The first-order valence-corrected chi connectivity index (χ1v) is 5.88. The summed E-state index contributed by atoms with van der Waals surface area (Å²) < 4.78 is 0. The Morgan fingerprint density at radius 1 is 1.53 bits per heavy atom. The van der Waals surface area contributed by atoms with Crippen LogP contribution >= 0.6 is 0 Å². The van der Waals surface area contributed by atoms with E-state index in [0.29, 0.717) is 6.54 Å². The number of aliphatic carboxylic acids is 1. The molecule has 1 N–H and O–H groups in total. The van der Waals surface area contributed by atoms with Gasteiger partial charge < -0.3 is 5.11 Å². The number of carbonyl (C=O) groups is 1. The summed E-state index contributed by atoms with van der Waals surface area (Å²) in [6.07, 6.45) is 5.50. The van der Waals surface area contributed by atoms with Gasteiger partial charge in [0.1, 0.15) is 5.54 Å². The lowest BCUT2D eigenvalue weighted by molar-refractivity contribution is -0.151. The van der Waals surface area contributed by atoms with Crippen LogP contribution in [-0.2, 0) is 11.3 Å². The average Bonchev–Trinajstić information content (AvgIpc) is 3.13. The van der Waals surface area contributed by atoms with Gasteiger partial charge in [0.05, 0.1) is 0 Å². The van der Waals surface area contributed by atoms with Crippen molar-refractivity contribution in [3.63, 3.8) is 0 Å². The van der Waals surface area contributed by atoms with Crippen LogP contribution < -0.4 is 0 Å². The second-order valence-electron chi connectivity index (χ2n) is 4.94. The largest absolute Gasteiger partial charge is 0.480 e. The molecule has 0 radical (unpaired) electrons. The molecule has 0 amide bonds. The summed E-state index contributed by atoms with van der Waals surface area (Å²) in [5, 5.41) is 9.44. The lowest BCUT2D eigenvalue weighted by Crippen LogP contribution is -2.51. The Morgan fingerprint density at radius 2 is 2.12 bits per heavy atom. The molecule has 1 heterocycles. The molecular weight excluding hydrogens is 216 g/mol. The quantitative estimate of drug-likeness (QED) is 0.843. The van der Waals surface area contributed by atoms with Gasteiger partial charge in [0, 0.05) is 18.9 Å². The molecule has 4 nitrogen and oxygen atoms in total. The third-order valence-corrected chi connectivity index (χ3v) is 3.77. The molecule has 0 aliphatic heterocycles. The van der Waals surface area contributed by atoms with Crippen LogP contribution in [0.25, 0.3) is 0 Å². The molecule has 1 aromatic heterocycles. The normalized spacial score (nSPS) is 19.0. The Bertz CT molecular complexity index is 403. The summed E-state index contributed by atoms with van der Waals surface area (Å²) in [5.74, 6) is -0.441. The smallest absolute Gasteiger partial charge is 0.324 e. The van der Waals surface area contributed by atoms with Gasteiger partial charge in [-0.25, -0.2) is 0 Å². The van der Waals surface area contributed by atoms with Gasteiger partial charge in [-0.2, -0.15) is 0 Å². The minimum Gasteiger partial charge on any atom is -0.480 e. The molecular formula is C13H18N2O2. The van der Waals surface area contributed by atoms with E-state index in [4.69, 9.17) is 0 Å². The van der Waals surface area contributed by atoms with Gasteiger partial charge in [-0.05, 0) is 50.4 Å². The number of hydrogen-bond acceptors (Lipinski definition) is 3. The Kier molecular flexibility index (Phi) is 3.15. The van der Waals surface area contributed by atoms with Gasteiger partial charge in [-0.15, -0.1) is 0 Å². The number of carboxylic acid groups (broad SMARTS) is 1. The third-order valence-electron chi connectivity index (χ3n) is 3.77. The molecule has 0 bridgehead atoms. The number of likely N-dealkylation sites (N-methyl/N-ethyl adjacent to an activating group) is 1. The monoisotopic (exact) mass is 234 g/mol. The van der Waals surface area contributed by atoms with E-state index in [1.807, 2.05) is 31.0 Å². The highest BCUT2D eigenvalue weighted by atomic mass is 16.4. The summed E-state index contributed by atoms with van der Waals surface area (Å²) in [6.45, 7) is 2.47. The van der Waals surface area contributed by atoms with E-state index >= 15 is 0 Å². The standard InChI is InChI=1S/C13H18N2O2/c1-13(12(16)17,11-3-4-11)15(2)9-10-5-7-14-8-6-10/h5-8,11H,3-4,9H2,1-2H3,(H,16,17). The first kappa shape index (κ1) is 12.0. The van der Waals surface area contributed by atoms with Crippen molar-refractivity contribution in [1.82, 2.24) is 9.88 Å². The molecule has 1 saturated carbocycles. The van der Waals surface area contributed by atoms with E-state index in [9.17, 15) is 9.90 Å². The van der Waals surface area contributed by atoms with Crippen LogP contribution in [0.15, 0.2) is 24.5 Å². The molecule has 0 saturated heterocycles. The minimum absolute atomic E-state index is 0.284. The highest BCUT2D eigenvalue weighted by Crippen LogP contribution is 2.43. The predicted octanol–water partition coefficient (Wildman–Crippen LogP) is 1.77. The molecule has 1 aliphatic rings. The van der Waals surface area contributed by atoms with Crippen molar-refractivity contribution < 1.29 is 9.90 Å². The average molecular weight is 234 g/mol. The van der Waals surface area contributed by atoms with Crippen LogP contribution in [0.1, 0.15) is 25.3 Å². The second-order valence-corrected chi connectivity index (χ2v) is 4.94. The van der Waals surface area contributed by atoms with Crippen LogP contribution in [0, 0.1) is 5.92 Å². The van der Waals surface area contributed by atoms with Crippen molar-refractivity contribution in [2.45, 2.75) is 31.8 Å². The van der Waals surface area contributed by atoms with Crippen molar-refractivity contribution in [3.05, 3.63) is 30.1 Å². The van der Waals surface area contributed by atoms with Gasteiger partial charge in [0.15, 0.2) is 0 Å². The van der Waals surface area contributed by atoms with Crippen LogP contribution in [0.3, 0.4) is 0 Å². The molecule has 1 atom stereocenters. The van der Waals surface area contributed by atoms with E-state index in [-0.39, 0.29) is 5.92 Å². The highest BCUT2D eigenvalue weighted by molar-refractivity contribution is 5.79. The highest BCUT2D eigenvalue weighted by Gasteiger charge is 2.50. The zero-order valence-electron chi connectivity index (χ0n) is 10.3. The van der Waals surface area contributed by atoms with Gasteiger partial charge in [-0.1, -0.05) is 0 Å². The van der Waals surface area contributed by atoms with E-state index in [0.717, 1.165) is 18.4 Å². The summed E-state index contributed by atoms with van der Waals surface area (Å²) in [4.78, 5) is 17.4. The first-order chi connectivity index (χ1) is 8.05. The van der Waals surface area contributed by atoms with Gasteiger partial charge >= 0.3 is 5.97 Å². The zero-order valence-corrected chi connectivity index (χ0v) is 10.3. The van der Waals surface area contributed by atoms with E-state index in [1.165, 1.54) is 0 Å². The van der Waals surface area contributed by atoms with Crippen molar-refractivity contribution >= 4 is 5.97 Å². The lowest BCUT2D eigenvalue weighted by atomic mass is 9.93. The first-order valence-electron chi connectivity index (χ1n) is 5.88. The lowest BCUT2D eigenvalue weighted by Gasteiger charge is -2.35. The van der Waals surface area contributed by atoms with Gasteiger partial charge in [0.25, 0.3) is 0 Å². The fraction of sp³-hybridized carbons (Fsp3) is 0.538. The zero-order chi connectivity index (χ0) is 12.5. The Labute approximate surface area is 101 Å². The Balaban J connectivity index is 2.12. The van der Waals surface area contributed by atoms with Crippen molar-refractivity contribution in [2.24, 2.45) is 5.92 Å². The Morgan fingerprint density at radius 3 is 2.59 bits per heavy atom. The molecule has 17 heavy (non-hydrogen) atoms. The molecule has 92 valence electrons.